The van der Waals surface area contributed by atoms with E-state index in [1.807, 2.05) is 0 Å². The maximum absolute atomic E-state index is 11.7. The number of Topliss-reactive ketones (excluding diaryl/α,β-unsaturated/α-hetero) is 1. The van der Waals surface area contributed by atoms with Gasteiger partial charge in [0.15, 0.2) is 11.0 Å². The Labute approximate surface area is 90.0 Å². The van der Waals surface area contributed by atoms with Gasteiger partial charge in [-0.15, -0.1) is 0 Å². The molecule has 0 aromatic carbocycles. The van der Waals surface area contributed by atoms with Gasteiger partial charge in [0.25, 0.3) is 0 Å². The molecule has 2 rings (SSSR count). The molecule has 0 heterocycles. The van der Waals surface area contributed by atoms with E-state index in [1.54, 1.807) is 0 Å². The van der Waals surface area contributed by atoms with Crippen molar-refractivity contribution in [3.05, 3.63) is 0 Å². The van der Waals surface area contributed by atoms with Crippen LogP contribution >= 0.6 is 0 Å². The minimum absolute atomic E-state index is 0.389. The summed E-state index contributed by atoms with van der Waals surface area (Å²) in [6.07, 6.45) is 12.6. The molecule has 2 atom stereocenters. The topological polar surface area (TPSA) is 17.1 Å². The summed E-state index contributed by atoms with van der Waals surface area (Å²) in [5.74, 6) is 0.571. The Kier molecular flexibility index (Phi) is 3.53. The fourth-order valence-electron chi connectivity index (χ4n) is 2.85. The smallest absolute Gasteiger partial charge is 0.184 e. The molecule has 2 aliphatic rings. The second kappa shape index (κ2) is 4.69. The lowest BCUT2D eigenvalue weighted by Crippen LogP contribution is -2.35. The first-order valence-electron chi connectivity index (χ1n) is 5.95. The Hall–Kier alpha value is 0.0200. The van der Waals surface area contributed by atoms with Crippen molar-refractivity contribution in [3.8, 4) is 0 Å². The van der Waals surface area contributed by atoms with E-state index in [9.17, 15) is 4.79 Å². The molecule has 2 unspecified atom stereocenters. The van der Waals surface area contributed by atoms with Gasteiger partial charge < -0.3 is 0 Å². The SMILES string of the molecule is C[S+](C1CCCCC1)C1CCCC1=O. The summed E-state index contributed by atoms with van der Waals surface area (Å²) in [4.78, 5) is 11.7. The van der Waals surface area contributed by atoms with Crippen molar-refractivity contribution in [2.75, 3.05) is 6.26 Å². The van der Waals surface area contributed by atoms with Gasteiger partial charge in [-0.05, 0) is 43.0 Å². The Morgan fingerprint density at radius 1 is 1.07 bits per heavy atom. The van der Waals surface area contributed by atoms with Gasteiger partial charge in [0, 0.05) is 12.8 Å². The molecule has 14 heavy (non-hydrogen) atoms. The Morgan fingerprint density at radius 3 is 2.36 bits per heavy atom. The van der Waals surface area contributed by atoms with Crippen LogP contribution in [0.2, 0.25) is 0 Å². The zero-order chi connectivity index (χ0) is 9.97. The molecule has 0 aliphatic heterocycles. The number of hydrogen-bond acceptors (Lipinski definition) is 1. The predicted molar refractivity (Wildman–Crippen MR) is 62.8 cm³/mol. The quantitative estimate of drug-likeness (QED) is 0.645. The number of carbonyl (C=O) groups excluding carboxylic acids is 1. The Bertz CT molecular complexity index is 208. The van der Waals surface area contributed by atoms with Crippen LogP contribution in [0, 0.1) is 0 Å². The van der Waals surface area contributed by atoms with Crippen molar-refractivity contribution < 1.29 is 4.79 Å². The van der Waals surface area contributed by atoms with E-state index in [0.717, 1.165) is 18.1 Å². The zero-order valence-corrected chi connectivity index (χ0v) is 9.94. The van der Waals surface area contributed by atoms with E-state index in [2.05, 4.69) is 6.26 Å². The van der Waals surface area contributed by atoms with Crippen LogP contribution in [-0.2, 0) is 15.7 Å². The molecule has 0 spiro atoms. The molecular weight excluding hydrogens is 192 g/mol. The van der Waals surface area contributed by atoms with Crippen LogP contribution in [0.5, 0.6) is 0 Å². The van der Waals surface area contributed by atoms with Crippen LogP contribution in [0.4, 0.5) is 0 Å². The summed E-state index contributed by atoms with van der Waals surface area (Å²) in [6, 6.07) is 0. The average molecular weight is 213 g/mol. The van der Waals surface area contributed by atoms with Crippen molar-refractivity contribution in [2.45, 2.75) is 61.9 Å². The average Bonchev–Trinajstić information content (AvgIpc) is 2.65. The minimum Gasteiger partial charge on any atom is -0.294 e. The van der Waals surface area contributed by atoms with Crippen LogP contribution in [-0.4, -0.2) is 22.5 Å². The van der Waals surface area contributed by atoms with Crippen LogP contribution < -0.4 is 0 Å². The highest BCUT2D eigenvalue weighted by atomic mass is 32.2. The van der Waals surface area contributed by atoms with Gasteiger partial charge in [-0.1, -0.05) is 6.42 Å². The van der Waals surface area contributed by atoms with E-state index in [-0.39, 0.29) is 0 Å². The van der Waals surface area contributed by atoms with Crippen molar-refractivity contribution in [2.24, 2.45) is 0 Å². The number of ketones is 1. The van der Waals surface area contributed by atoms with Crippen LogP contribution in [0.15, 0.2) is 0 Å². The van der Waals surface area contributed by atoms with Gasteiger partial charge in [-0.3, -0.25) is 4.79 Å². The standard InChI is InChI=1S/C12H21OS/c1-14(10-6-3-2-4-7-10)12-9-5-8-11(12)13/h10,12H,2-9H2,1H3/q+1. The van der Waals surface area contributed by atoms with Crippen LogP contribution in [0.1, 0.15) is 51.4 Å². The maximum Gasteiger partial charge on any atom is 0.184 e. The monoisotopic (exact) mass is 213 g/mol. The molecule has 2 heteroatoms. The first kappa shape index (κ1) is 10.5. The summed E-state index contributed by atoms with van der Waals surface area (Å²) < 4.78 is 0. The molecule has 1 nitrogen and oxygen atoms in total. The zero-order valence-electron chi connectivity index (χ0n) is 9.13. The number of hydrogen-bond donors (Lipinski definition) is 0. The second-order valence-electron chi connectivity index (χ2n) is 4.71. The molecular formula is C12H21OS+. The minimum atomic E-state index is 0.389. The fourth-order valence-corrected chi connectivity index (χ4v) is 5.46. The number of rotatable bonds is 2. The molecule has 0 radical (unpaired) electrons. The largest absolute Gasteiger partial charge is 0.294 e. The molecule has 0 amide bonds. The third kappa shape index (κ3) is 2.16. The first-order valence-corrected chi connectivity index (χ1v) is 7.71. The van der Waals surface area contributed by atoms with E-state index in [1.165, 1.54) is 38.5 Å². The molecule has 2 aliphatic carbocycles. The van der Waals surface area contributed by atoms with Gasteiger partial charge in [-0.2, -0.15) is 0 Å². The normalized spacial score (nSPS) is 32.1. The van der Waals surface area contributed by atoms with Gasteiger partial charge in [0.1, 0.15) is 5.25 Å². The van der Waals surface area contributed by atoms with Gasteiger partial charge in [0.2, 0.25) is 0 Å². The summed E-state index contributed by atoms with van der Waals surface area (Å²) in [5, 5.41) is 1.34. The molecule has 0 aromatic rings. The third-order valence-electron chi connectivity index (χ3n) is 3.78. The summed E-state index contributed by atoms with van der Waals surface area (Å²) >= 11 is 0. The summed E-state index contributed by atoms with van der Waals surface area (Å²) in [7, 11) is 0.389. The fraction of sp³-hybridized carbons (Fsp3) is 0.917. The highest BCUT2D eigenvalue weighted by Gasteiger charge is 2.41. The van der Waals surface area contributed by atoms with Crippen molar-refractivity contribution >= 4 is 16.7 Å². The lowest BCUT2D eigenvalue weighted by Gasteiger charge is -2.23. The van der Waals surface area contributed by atoms with E-state index in [4.69, 9.17) is 0 Å². The van der Waals surface area contributed by atoms with E-state index in [0.29, 0.717) is 21.9 Å². The van der Waals surface area contributed by atoms with Crippen molar-refractivity contribution in [1.29, 1.82) is 0 Å². The lowest BCUT2D eigenvalue weighted by atomic mass is 10.0. The van der Waals surface area contributed by atoms with Crippen LogP contribution in [0.3, 0.4) is 0 Å². The van der Waals surface area contributed by atoms with Gasteiger partial charge in [0.05, 0.1) is 6.26 Å². The summed E-state index contributed by atoms with van der Waals surface area (Å²) in [5.41, 5.74) is 0. The van der Waals surface area contributed by atoms with Crippen molar-refractivity contribution in [3.63, 3.8) is 0 Å². The molecule has 2 fully saturated rings. The second-order valence-corrected chi connectivity index (χ2v) is 7.17. The highest BCUT2D eigenvalue weighted by molar-refractivity contribution is 7.98. The molecule has 80 valence electrons. The lowest BCUT2D eigenvalue weighted by molar-refractivity contribution is -0.117. The third-order valence-corrected chi connectivity index (χ3v) is 6.69. The van der Waals surface area contributed by atoms with E-state index < -0.39 is 0 Å². The molecule has 0 saturated heterocycles. The molecule has 0 aromatic heterocycles. The maximum atomic E-state index is 11.7. The predicted octanol–water partition coefficient (Wildman–Crippen LogP) is 2.69. The Balaban J connectivity index is 1.92. The van der Waals surface area contributed by atoms with Gasteiger partial charge in [-0.25, -0.2) is 0 Å². The van der Waals surface area contributed by atoms with E-state index >= 15 is 0 Å². The van der Waals surface area contributed by atoms with Gasteiger partial charge >= 0.3 is 0 Å². The van der Waals surface area contributed by atoms with Crippen molar-refractivity contribution in [1.82, 2.24) is 0 Å². The van der Waals surface area contributed by atoms with Crippen LogP contribution in [0.25, 0.3) is 0 Å². The Morgan fingerprint density at radius 2 is 1.79 bits per heavy atom. The summed E-state index contributed by atoms with van der Waals surface area (Å²) in [6.45, 7) is 0. The number of carbonyl (C=O) groups is 1. The highest BCUT2D eigenvalue weighted by Crippen LogP contribution is 2.31. The molecule has 0 bridgehead atoms. The molecule has 0 N–H and O–H groups in total. The molecule has 2 saturated carbocycles. The first-order chi connectivity index (χ1) is 6.79.